The van der Waals surface area contributed by atoms with Gasteiger partial charge in [-0.1, -0.05) is 13.0 Å². The lowest BCUT2D eigenvalue weighted by Gasteiger charge is -2.09. The molecule has 1 aromatic carbocycles. The molecule has 0 bridgehead atoms. The minimum Gasteiger partial charge on any atom is -0.496 e. The Labute approximate surface area is 97.8 Å². The zero-order valence-electron chi connectivity index (χ0n) is 10.4. The van der Waals surface area contributed by atoms with Crippen molar-refractivity contribution in [3.05, 3.63) is 29.3 Å². The monoisotopic (exact) mass is 223 g/mol. The van der Waals surface area contributed by atoms with Gasteiger partial charge in [0.05, 0.1) is 20.3 Å². The topological polar surface area (TPSA) is 30.5 Å². The van der Waals surface area contributed by atoms with Crippen molar-refractivity contribution < 1.29 is 9.47 Å². The van der Waals surface area contributed by atoms with Gasteiger partial charge in [0.1, 0.15) is 5.75 Å². The quantitative estimate of drug-likeness (QED) is 0.717. The van der Waals surface area contributed by atoms with Crippen molar-refractivity contribution in [3.8, 4) is 5.75 Å². The fourth-order valence-corrected chi connectivity index (χ4v) is 1.56. The number of hydrogen-bond acceptors (Lipinski definition) is 3. The lowest BCUT2D eigenvalue weighted by Crippen LogP contribution is -2.14. The van der Waals surface area contributed by atoms with Crippen LogP contribution < -0.4 is 10.1 Å². The highest BCUT2D eigenvalue weighted by Gasteiger charge is 2.02. The molecule has 0 radical (unpaired) electrons. The van der Waals surface area contributed by atoms with E-state index in [9.17, 15) is 0 Å². The SMILES string of the molecule is CCc1cc(COCCNC)ccc1OC. The Bertz CT molecular complexity index is 313. The van der Waals surface area contributed by atoms with Gasteiger partial charge in [0.25, 0.3) is 0 Å². The number of ether oxygens (including phenoxy) is 2. The molecule has 0 aromatic heterocycles. The van der Waals surface area contributed by atoms with Gasteiger partial charge in [-0.15, -0.1) is 0 Å². The molecule has 0 saturated heterocycles. The van der Waals surface area contributed by atoms with E-state index in [0.717, 1.165) is 25.3 Å². The summed E-state index contributed by atoms with van der Waals surface area (Å²) in [6, 6.07) is 6.21. The van der Waals surface area contributed by atoms with E-state index in [-0.39, 0.29) is 0 Å². The van der Waals surface area contributed by atoms with E-state index < -0.39 is 0 Å². The second-order valence-electron chi connectivity index (χ2n) is 3.66. The minimum absolute atomic E-state index is 0.665. The van der Waals surface area contributed by atoms with E-state index in [1.807, 2.05) is 13.1 Å². The Kier molecular flexibility index (Phi) is 5.90. The molecule has 0 saturated carbocycles. The fraction of sp³-hybridized carbons (Fsp3) is 0.538. The first-order chi connectivity index (χ1) is 7.81. The number of benzene rings is 1. The van der Waals surface area contributed by atoms with Crippen molar-refractivity contribution in [3.63, 3.8) is 0 Å². The molecule has 3 nitrogen and oxygen atoms in total. The summed E-state index contributed by atoms with van der Waals surface area (Å²) < 4.78 is 10.8. The smallest absolute Gasteiger partial charge is 0.122 e. The van der Waals surface area contributed by atoms with Crippen LogP contribution >= 0.6 is 0 Å². The van der Waals surface area contributed by atoms with Crippen LogP contribution in [0.25, 0.3) is 0 Å². The van der Waals surface area contributed by atoms with Crippen molar-refractivity contribution in [2.75, 3.05) is 27.3 Å². The normalized spacial score (nSPS) is 10.4. The first-order valence-corrected chi connectivity index (χ1v) is 5.70. The molecule has 1 aromatic rings. The van der Waals surface area contributed by atoms with E-state index in [2.05, 4.69) is 24.4 Å². The lowest BCUT2D eigenvalue weighted by molar-refractivity contribution is 0.124. The van der Waals surface area contributed by atoms with Crippen LogP contribution in [0.2, 0.25) is 0 Å². The van der Waals surface area contributed by atoms with Crippen LogP contribution in [-0.4, -0.2) is 27.3 Å². The predicted octanol–water partition coefficient (Wildman–Crippen LogP) is 1.99. The van der Waals surface area contributed by atoms with Gasteiger partial charge in [0.15, 0.2) is 0 Å². The van der Waals surface area contributed by atoms with Crippen LogP contribution in [0.15, 0.2) is 18.2 Å². The van der Waals surface area contributed by atoms with E-state index in [1.165, 1.54) is 11.1 Å². The fourth-order valence-electron chi connectivity index (χ4n) is 1.56. The first-order valence-electron chi connectivity index (χ1n) is 5.70. The van der Waals surface area contributed by atoms with Crippen molar-refractivity contribution in [2.24, 2.45) is 0 Å². The summed E-state index contributed by atoms with van der Waals surface area (Å²) in [7, 11) is 3.63. The van der Waals surface area contributed by atoms with Gasteiger partial charge in [-0.05, 0) is 36.7 Å². The molecule has 0 aliphatic heterocycles. The van der Waals surface area contributed by atoms with Gasteiger partial charge in [-0.2, -0.15) is 0 Å². The minimum atomic E-state index is 0.665. The van der Waals surface area contributed by atoms with Crippen molar-refractivity contribution in [1.82, 2.24) is 5.32 Å². The van der Waals surface area contributed by atoms with Crippen molar-refractivity contribution in [1.29, 1.82) is 0 Å². The average Bonchev–Trinajstić information content (AvgIpc) is 2.34. The van der Waals surface area contributed by atoms with Crippen LogP contribution in [0.5, 0.6) is 5.75 Å². The summed E-state index contributed by atoms with van der Waals surface area (Å²) in [6.07, 6.45) is 0.980. The second-order valence-corrected chi connectivity index (χ2v) is 3.66. The molecular weight excluding hydrogens is 202 g/mol. The maximum absolute atomic E-state index is 5.53. The molecule has 0 fully saturated rings. The second kappa shape index (κ2) is 7.25. The van der Waals surface area contributed by atoms with E-state index >= 15 is 0 Å². The number of aryl methyl sites for hydroxylation is 1. The van der Waals surface area contributed by atoms with Gasteiger partial charge >= 0.3 is 0 Å². The van der Waals surface area contributed by atoms with Crippen LogP contribution in [-0.2, 0) is 17.8 Å². The molecule has 90 valence electrons. The van der Waals surface area contributed by atoms with Crippen molar-refractivity contribution in [2.45, 2.75) is 20.0 Å². The standard InChI is InChI=1S/C13H21NO2/c1-4-12-9-11(5-6-13(12)15-3)10-16-8-7-14-2/h5-6,9,14H,4,7-8,10H2,1-3H3. The van der Waals surface area contributed by atoms with Crippen LogP contribution in [0.3, 0.4) is 0 Å². The highest BCUT2D eigenvalue weighted by Crippen LogP contribution is 2.20. The zero-order chi connectivity index (χ0) is 11.8. The molecule has 0 aliphatic rings. The van der Waals surface area contributed by atoms with Gasteiger partial charge in [0, 0.05) is 6.54 Å². The summed E-state index contributed by atoms with van der Waals surface area (Å²) in [5, 5.41) is 3.05. The highest BCUT2D eigenvalue weighted by molar-refractivity contribution is 5.37. The predicted molar refractivity (Wildman–Crippen MR) is 66.0 cm³/mol. The van der Waals surface area contributed by atoms with E-state index in [1.54, 1.807) is 7.11 Å². The number of methoxy groups -OCH3 is 1. The summed E-state index contributed by atoms with van der Waals surface area (Å²) in [5.74, 6) is 0.960. The van der Waals surface area contributed by atoms with Gasteiger partial charge in [-0.3, -0.25) is 0 Å². The molecule has 3 heteroatoms. The Morgan fingerprint density at radius 2 is 2.12 bits per heavy atom. The molecule has 0 heterocycles. The molecule has 0 unspecified atom stereocenters. The zero-order valence-corrected chi connectivity index (χ0v) is 10.4. The Morgan fingerprint density at radius 1 is 1.31 bits per heavy atom. The maximum atomic E-state index is 5.53. The summed E-state index contributed by atoms with van der Waals surface area (Å²) >= 11 is 0. The van der Waals surface area contributed by atoms with Gasteiger partial charge < -0.3 is 14.8 Å². The largest absolute Gasteiger partial charge is 0.496 e. The maximum Gasteiger partial charge on any atom is 0.122 e. The average molecular weight is 223 g/mol. The van der Waals surface area contributed by atoms with Crippen molar-refractivity contribution >= 4 is 0 Å². The van der Waals surface area contributed by atoms with Crippen LogP contribution in [0, 0.1) is 0 Å². The summed E-state index contributed by atoms with van der Waals surface area (Å²) in [5.41, 5.74) is 2.44. The Balaban J connectivity index is 2.54. The summed E-state index contributed by atoms with van der Waals surface area (Å²) in [4.78, 5) is 0. The molecule has 1 N–H and O–H groups in total. The third kappa shape index (κ3) is 3.83. The molecule has 0 spiro atoms. The highest BCUT2D eigenvalue weighted by atomic mass is 16.5. The molecule has 0 atom stereocenters. The van der Waals surface area contributed by atoms with E-state index in [4.69, 9.17) is 9.47 Å². The Hall–Kier alpha value is -1.06. The first kappa shape index (κ1) is 13.0. The molecule has 1 rings (SSSR count). The number of likely N-dealkylation sites (N-methyl/N-ethyl adjacent to an activating group) is 1. The molecule has 16 heavy (non-hydrogen) atoms. The number of hydrogen-bond donors (Lipinski definition) is 1. The van der Waals surface area contributed by atoms with Gasteiger partial charge in [-0.25, -0.2) is 0 Å². The molecule has 0 amide bonds. The van der Waals surface area contributed by atoms with Crippen LogP contribution in [0.4, 0.5) is 0 Å². The third-order valence-electron chi connectivity index (χ3n) is 2.49. The van der Waals surface area contributed by atoms with Gasteiger partial charge in [0.2, 0.25) is 0 Å². The number of rotatable bonds is 7. The van der Waals surface area contributed by atoms with E-state index in [0.29, 0.717) is 6.61 Å². The lowest BCUT2D eigenvalue weighted by atomic mass is 10.1. The number of nitrogens with one attached hydrogen (secondary N) is 1. The Morgan fingerprint density at radius 3 is 2.75 bits per heavy atom. The summed E-state index contributed by atoms with van der Waals surface area (Å²) in [6.45, 7) is 4.42. The molecule has 0 aliphatic carbocycles. The molecular formula is C13H21NO2. The third-order valence-corrected chi connectivity index (χ3v) is 2.49. The van der Waals surface area contributed by atoms with Crippen LogP contribution in [0.1, 0.15) is 18.1 Å².